The Hall–Kier alpha value is -2.09. The van der Waals surface area contributed by atoms with E-state index >= 15 is 0 Å². The normalized spacial score (nSPS) is 23.4. The number of aromatic nitrogens is 1. The summed E-state index contributed by atoms with van der Waals surface area (Å²) in [5.74, 6) is 1.70. The Kier molecular flexibility index (Phi) is 6.62. The average molecular weight is 470 g/mol. The molecule has 1 spiro atoms. The second-order valence-electron chi connectivity index (χ2n) is 10.4. The van der Waals surface area contributed by atoms with E-state index in [1.54, 1.807) is 7.11 Å². The van der Waals surface area contributed by atoms with Crippen LogP contribution in [0.1, 0.15) is 56.3 Å². The van der Waals surface area contributed by atoms with E-state index in [4.69, 9.17) is 9.47 Å². The van der Waals surface area contributed by atoms with Gasteiger partial charge in [0.05, 0.1) is 25.3 Å². The van der Waals surface area contributed by atoms with E-state index in [-0.39, 0.29) is 24.0 Å². The minimum absolute atomic E-state index is 0.0230. The molecule has 1 aromatic carbocycles. The third-order valence-electron chi connectivity index (χ3n) is 8.63. The Morgan fingerprint density at radius 1 is 1.24 bits per heavy atom. The molecule has 0 unspecified atom stereocenters. The molecule has 186 valence electrons. The van der Waals surface area contributed by atoms with Crippen molar-refractivity contribution in [3.8, 4) is 5.75 Å². The first-order chi connectivity index (χ1) is 16.5. The second kappa shape index (κ2) is 9.51. The quantitative estimate of drug-likeness (QED) is 0.728. The molecule has 3 aliphatic rings. The van der Waals surface area contributed by atoms with Crippen LogP contribution in [-0.4, -0.2) is 78.5 Å². The van der Waals surface area contributed by atoms with Crippen LogP contribution < -0.4 is 4.74 Å². The molecule has 1 amide bonds. The lowest BCUT2D eigenvalue weighted by atomic mass is 9.68. The summed E-state index contributed by atoms with van der Waals surface area (Å²) >= 11 is 0. The zero-order valence-corrected chi connectivity index (χ0v) is 20.9. The summed E-state index contributed by atoms with van der Waals surface area (Å²) in [6, 6.07) is 6.34. The first-order valence-corrected chi connectivity index (χ1v) is 12.9. The number of rotatable bonds is 5. The standard InChI is InChI=1S/C27H39N3O4/c1-4-24(32)29-11-9-27(10-12-29)18-30(16-19-7-13-34-14-8-19)23(17-31)26-25(27)21-6-5-20(33-3)15-22(21)28(26)2/h5-6,15,19,23,31H,4,7-14,16-18H2,1-3H3/t23-/m0/s1. The molecule has 3 aliphatic heterocycles. The lowest BCUT2D eigenvalue weighted by molar-refractivity contribution is -0.132. The molecule has 0 saturated carbocycles. The van der Waals surface area contributed by atoms with Crippen molar-refractivity contribution in [1.29, 1.82) is 0 Å². The van der Waals surface area contributed by atoms with Gasteiger partial charge in [-0.15, -0.1) is 0 Å². The van der Waals surface area contributed by atoms with Crippen LogP contribution in [0.4, 0.5) is 0 Å². The molecular weight excluding hydrogens is 430 g/mol. The lowest BCUT2D eigenvalue weighted by Gasteiger charge is -2.51. The monoisotopic (exact) mass is 469 g/mol. The highest BCUT2D eigenvalue weighted by Gasteiger charge is 2.48. The maximum absolute atomic E-state index is 12.4. The van der Waals surface area contributed by atoms with Gasteiger partial charge in [0.15, 0.2) is 0 Å². The van der Waals surface area contributed by atoms with E-state index in [9.17, 15) is 9.90 Å². The van der Waals surface area contributed by atoms with Crippen LogP contribution >= 0.6 is 0 Å². The molecule has 2 aromatic rings. The van der Waals surface area contributed by atoms with Crippen LogP contribution in [0.15, 0.2) is 18.2 Å². The van der Waals surface area contributed by atoms with Crippen LogP contribution in [0.2, 0.25) is 0 Å². The first kappa shape index (κ1) is 23.6. The fraction of sp³-hybridized carbons (Fsp3) is 0.667. The van der Waals surface area contributed by atoms with Crippen LogP contribution in [0.25, 0.3) is 10.9 Å². The number of aliphatic hydroxyl groups is 1. The van der Waals surface area contributed by atoms with Gasteiger partial charge in [0, 0.05) is 75.4 Å². The van der Waals surface area contributed by atoms with E-state index in [1.165, 1.54) is 16.6 Å². The number of ether oxygens (including phenoxy) is 2. The molecule has 0 aliphatic carbocycles. The van der Waals surface area contributed by atoms with E-state index in [0.29, 0.717) is 12.3 Å². The molecule has 1 atom stereocenters. The van der Waals surface area contributed by atoms with Crippen LogP contribution in [-0.2, 0) is 22.0 Å². The van der Waals surface area contributed by atoms with Crippen LogP contribution in [0.5, 0.6) is 5.75 Å². The highest BCUT2D eigenvalue weighted by atomic mass is 16.5. The van der Waals surface area contributed by atoms with Crippen LogP contribution in [0, 0.1) is 5.92 Å². The summed E-state index contributed by atoms with van der Waals surface area (Å²) < 4.78 is 13.4. The van der Waals surface area contributed by atoms with Crippen molar-refractivity contribution in [2.75, 3.05) is 53.1 Å². The number of benzene rings is 1. The molecule has 7 nitrogen and oxygen atoms in total. The number of carbonyl (C=O) groups excluding carboxylic acids is 1. The number of hydrogen-bond donors (Lipinski definition) is 1. The molecule has 0 bridgehead atoms. The SMILES string of the molecule is CCC(=O)N1CCC2(CC1)CN(CC1CCOCC1)[C@@H](CO)c1c2c2ccc(OC)cc2n1C. The second-order valence-corrected chi connectivity index (χ2v) is 10.4. The number of carbonyl (C=O) groups is 1. The van der Waals surface area contributed by atoms with E-state index in [0.717, 1.165) is 76.3 Å². The number of methoxy groups -OCH3 is 1. The van der Waals surface area contributed by atoms with E-state index < -0.39 is 0 Å². The van der Waals surface area contributed by atoms with Crippen LogP contribution in [0.3, 0.4) is 0 Å². The Labute approximate surface area is 202 Å². The minimum Gasteiger partial charge on any atom is -0.497 e. The lowest BCUT2D eigenvalue weighted by Crippen LogP contribution is -2.55. The predicted octanol–water partition coefficient (Wildman–Crippen LogP) is 3.23. The van der Waals surface area contributed by atoms with Crippen molar-refractivity contribution < 1.29 is 19.4 Å². The summed E-state index contributed by atoms with van der Waals surface area (Å²) in [7, 11) is 3.84. The summed E-state index contributed by atoms with van der Waals surface area (Å²) in [4.78, 5) is 17.0. The molecule has 2 fully saturated rings. The van der Waals surface area contributed by atoms with Crippen molar-refractivity contribution in [2.45, 2.75) is 50.5 Å². The Morgan fingerprint density at radius 2 is 1.97 bits per heavy atom. The van der Waals surface area contributed by atoms with Gasteiger partial charge in [-0.3, -0.25) is 9.69 Å². The molecule has 5 rings (SSSR count). The molecule has 1 aromatic heterocycles. The molecule has 1 N–H and O–H groups in total. The zero-order valence-electron chi connectivity index (χ0n) is 20.9. The van der Waals surface area contributed by atoms with Gasteiger partial charge in [-0.1, -0.05) is 6.92 Å². The van der Waals surface area contributed by atoms with Crippen molar-refractivity contribution >= 4 is 16.8 Å². The van der Waals surface area contributed by atoms with Gasteiger partial charge in [0.25, 0.3) is 0 Å². The molecule has 7 heteroatoms. The molecule has 34 heavy (non-hydrogen) atoms. The number of nitrogens with zero attached hydrogens (tertiary/aromatic N) is 3. The number of piperidine rings is 1. The number of amides is 1. The van der Waals surface area contributed by atoms with Crippen molar-refractivity contribution in [3.05, 3.63) is 29.5 Å². The smallest absolute Gasteiger partial charge is 0.222 e. The Morgan fingerprint density at radius 3 is 2.62 bits per heavy atom. The van der Waals surface area contributed by atoms with Crippen molar-refractivity contribution in [2.24, 2.45) is 13.0 Å². The topological polar surface area (TPSA) is 67.2 Å². The average Bonchev–Trinajstić information content (AvgIpc) is 3.17. The van der Waals surface area contributed by atoms with Gasteiger partial charge in [-0.25, -0.2) is 0 Å². The number of hydrogen-bond acceptors (Lipinski definition) is 5. The molecule has 0 radical (unpaired) electrons. The number of fused-ring (bicyclic) bond motifs is 4. The van der Waals surface area contributed by atoms with Gasteiger partial charge in [0.1, 0.15) is 5.75 Å². The molecular formula is C27H39N3O4. The largest absolute Gasteiger partial charge is 0.497 e. The number of aliphatic hydroxyl groups excluding tert-OH is 1. The summed E-state index contributed by atoms with van der Waals surface area (Å²) in [6.07, 6.45) is 4.65. The van der Waals surface area contributed by atoms with Crippen molar-refractivity contribution in [3.63, 3.8) is 0 Å². The fourth-order valence-corrected chi connectivity index (χ4v) is 6.73. The van der Waals surface area contributed by atoms with Gasteiger partial charge in [-0.05, 0) is 49.3 Å². The van der Waals surface area contributed by atoms with Crippen molar-refractivity contribution in [1.82, 2.24) is 14.4 Å². The minimum atomic E-state index is -0.0258. The Bertz CT molecular complexity index is 1030. The highest BCUT2D eigenvalue weighted by Crippen LogP contribution is 2.50. The van der Waals surface area contributed by atoms with Gasteiger partial charge < -0.3 is 24.0 Å². The summed E-state index contributed by atoms with van der Waals surface area (Å²) in [6.45, 7) is 7.24. The first-order valence-electron chi connectivity index (χ1n) is 12.9. The number of aryl methyl sites for hydroxylation is 1. The third-order valence-corrected chi connectivity index (χ3v) is 8.63. The zero-order chi connectivity index (χ0) is 23.9. The maximum Gasteiger partial charge on any atom is 0.222 e. The summed E-state index contributed by atoms with van der Waals surface area (Å²) in [5.41, 5.74) is 3.75. The van der Waals surface area contributed by atoms with Gasteiger partial charge in [0.2, 0.25) is 5.91 Å². The molecule has 2 saturated heterocycles. The van der Waals surface area contributed by atoms with Gasteiger partial charge in [-0.2, -0.15) is 0 Å². The summed E-state index contributed by atoms with van der Waals surface area (Å²) in [5, 5.41) is 11.9. The van der Waals surface area contributed by atoms with E-state index in [1.807, 2.05) is 11.8 Å². The van der Waals surface area contributed by atoms with E-state index in [2.05, 4.69) is 34.7 Å². The van der Waals surface area contributed by atoms with Gasteiger partial charge >= 0.3 is 0 Å². The fourth-order valence-electron chi connectivity index (χ4n) is 6.73. The Balaban J connectivity index is 1.60. The highest BCUT2D eigenvalue weighted by molar-refractivity contribution is 5.88. The predicted molar refractivity (Wildman–Crippen MR) is 132 cm³/mol. The third kappa shape index (κ3) is 3.91. The maximum atomic E-state index is 12.4. The molecule has 4 heterocycles. The number of likely N-dealkylation sites (tertiary alicyclic amines) is 1.